The van der Waals surface area contributed by atoms with Crippen molar-refractivity contribution in [2.75, 3.05) is 6.54 Å². The molecule has 1 N–H and O–H groups in total. The van der Waals surface area contributed by atoms with Gasteiger partial charge in [0.25, 0.3) is 0 Å². The van der Waals surface area contributed by atoms with Gasteiger partial charge >= 0.3 is 0 Å². The summed E-state index contributed by atoms with van der Waals surface area (Å²) in [5.74, 6) is 1.16. The molecule has 1 fully saturated rings. The van der Waals surface area contributed by atoms with Crippen LogP contribution in [0.15, 0.2) is 63.6 Å². The van der Waals surface area contributed by atoms with Crippen LogP contribution in [0, 0.1) is 5.82 Å². The molecule has 0 bridgehead atoms. The predicted octanol–water partition coefficient (Wildman–Crippen LogP) is 5.24. The maximum Gasteiger partial charge on any atom is 0.170 e. The molecule has 3 heterocycles. The number of thiocarbonyl (C=S) groups is 1. The molecular weight excluding hydrogens is 429 g/mol. The molecule has 1 aromatic carbocycles. The molecule has 27 heavy (non-hydrogen) atoms. The number of rotatable bonds is 4. The predicted molar refractivity (Wildman–Crippen MR) is 110 cm³/mol. The fourth-order valence-corrected chi connectivity index (χ4v) is 4.32. The highest BCUT2D eigenvalue weighted by atomic mass is 79.9. The van der Waals surface area contributed by atoms with E-state index >= 15 is 0 Å². The van der Waals surface area contributed by atoms with E-state index in [1.165, 1.54) is 12.1 Å². The number of benzene rings is 1. The van der Waals surface area contributed by atoms with E-state index in [9.17, 15) is 4.39 Å². The van der Waals surface area contributed by atoms with E-state index < -0.39 is 0 Å². The summed E-state index contributed by atoms with van der Waals surface area (Å²) in [4.78, 5) is 6.58. The zero-order chi connectivity index (χ0) is 19.0. The Morgan fingerprint density at radius 1 is 1.26 bits per heavy atom. The topological polar surface area (TPSA) is 41.3 Å². The number of aromatic nitrogens is 1. The van der Waals surface area contributed by atoms with Gasteiger partial charge in [-0.3, -0.25) is 4.98 Å². The van der Waals surface area contributed by atoms with Crippen LogP contribution in [0.2, 0.25) is 0 Å². The smallest absolute Gasteiger partial charge is 0.170 e. The van der Waals surface area contributed by atoms with Crippen molar-refractivity contribution >= 4 is 33.3 Å². The molecular formula is C20H17BrFN3OS. The van der Waals surface area contributed by atoms with Gasteiger partial charge in [0, 0.05) is 22.8 Å². The molecule has 3 aromatic rings. The van der Waals surface area contributed by atoms with E-state index in [4.69, 9.17) is 16.6 Å². The Kier molecular flexibility index (Phi) is 4.97. The average molecular weight is 446 g/mol. The van der Waals surface area contributed by atoms with Crippen molar-refractivity contribution in [3.8, 4) is 11.3 Å². The highest BCUT2D eigenvalue weighted by Crippen LogP contribution is 2.41. The summed E-state index contributed by atoms with van der Waals surface area (Å²) < 4.78 is 20.2. The third kappa shape index (κ3) is 3.37. The Labute approximate surface area is 170 Å². The van der Waals surface area contributed by atoms with Crippen molar-refractivity contribution < 1.29 is 8.81 Å². The van der Waals surface area contributed by atoms with E-state index in [1.807, 2.05) is 30.3 Å². The summed E-state index contributed by atoms with van der Waals surface area (Å²) in [7, 11) is 0. The van der Waals surface area contributed by atoms with Crippen molar-refractivity contribution in [2.24, 2.45) is 0 Å². The zero-order valence-corrected chi connectivity index (χ0v) is 16.9. The fraction of sp³-hybridized carbons (Fsp3) is 0.200. The molecule has 0 saturated carbocycles. The van der Waals surface area contributed by atoms with Gasteiger partial charge in [-0.05, 0) is 77.5 Å². The fourth-order valence-electron chi connectivity index (χ4n) is 3.40. The van der Waals surface area contributed by atoms with Crippen molar-refractivity contribution in [3.05, 3.63) is 76.5 Å². The van der Waals surface area contributed by atoms with Gasteiger partial charge < -0.3 is 14.6 Å². The second kappa shape index (κ2) is 7.40. The maximum atomic E-state index is 13.4. The third-order valence-corrected chi connectivity index (χ3v) is 5.66. The lowest BCUT2D eigenvalue weighted by Crippen LogP contribution is -2.29. The van der Waals surface area contributed by atoms with Gasteiger partial charge in [0.15, 0.2) is 5.11 Å². The summed E-state index contributed by atoms with van der Waals surface area (Å²) in [5.41, 5.74) is 1.70. The monoisotopic (exact) mass is 445 g/mol. The van der Waals surface area contributed by atoms with Crippen LogP contribution in [0.1, 0.15) is 30.5 Å². The number of hydrogen-bond donors (Lipinski definition) is 1. The summed E-state index contributed by atoms with van der Waals surface area (Å²) in [6.45, 7) is 2.80. The van der Waals surface area contributed by atoms with Crippen LogP contribution < -0.4 is 5.32 Å². The second-order valence-corrected chi connectivity index (χ2v) is 7.48. The first kappa shape index (κ1) is 18.1. The van der Waals surface area contributed by atoms with E-state index in [0.717, 1.165) is 23.6 Å². The molecule has 1 saturated heterocycles. The summed E-state index contributed by atoms with van der Waals surface area (Å²) >= 11 is 8.93. The maximum absolute atomic E-state index is 13.4. The highest BCUT2D eigenvalue weighted by Gasteiger charge is 2.40. The first-order valence-electron chi connectivity index (χ1n) is 8.61. The molecule has 2 aromatic heterocycles. The number of pyridine rings is 1. The minimum atomic E-state index is -0.296. The molecule has 0 aliphatic carbocycles. The van der Waals surface area contributed by atoms with Gasteiger partial charge in [0.2, 0.25) is 0 Å². The Hall–Kier alpha value is -2.25. The SMILES string of the molecule is CCN1C(=S)N[C@@H](c2ccccn2)[C@H]1c1ccc(-c2ccc(F)cc2Br)o1. The molecule has 0 radical (unpaired) electrons. The Morgan fingerprint density at radius 2 is 2.11 bits per heavy atom. The number of nitrogens with one attached hydrogen (secondary N) is 1. The van der Waals surface area contributed by atoms with E-state index in [2.05, 4.69) is 38.1 Å². The van der Waals surface area contributed by atoms with Gasteiger partial charge in [-0.1, -0.05) is 6.07 Å². The average Bonchev–Trinajstić information content (AvgIpc) is 3.26. The second-order valence-electron chi connectivity index (χ2n) is 6.24. The van der Waals surface area contributed by atoms with Crippen LogP contribution >= 0.6 is 28.1 Å². The number of likely N-dealkylation sites (N-methyl/N-ethyl adjacent to an activating group) is 1. The van der Waals surface area contributed by atoms with Crippen LogP contribution in [0.25, 0.3) is 11.3 Å². The number of furan rings is 1. The van der Waals surface area contributed by atoms with E-state index in [0.29, 0.717) is 15.3 Å². The molecule has 4 rings (SSSR count). The van der Waals surface area contributed by atoms with E-state index in [1.54, 1.807) is 12.3 Å². The third-order valence-electron chi connectivity index (χ3n) is 4.65. The van der Waals surface area contributed by atoms with Crippen LogP contribution in [0.4, 0.5) is 4.39 Å². The van der Waals surface area contributed by atoms with Crippen molar-refractivity contribution in [2.45, 2.75) is 19.0 Å². The first-order chi connectivity index (χ1) is 13.1. The van der Waals surface area contributed by atoms with E-state index in [-0.39, 0.29) is 17.9 Å². The summed E-state index contributed by atoms with van der Waals surface area (Å²) in [6.07, 6.45) is 1.77. The summed E-state index contributed by atoms with van der Waals surface area (Å²) in [5, 5.41) is 4.04. The van der Waals surface area contributed by atoms with Gasteiger partial charge in [-0.25, -0.2) is 4.39 Å². The molecule has 0 amide bonds. The van der Waals surface area contributed by atoms with Gasteiger partial charge in [-0.15, -0.1) is 0 Å². The van der Waals surface area contributed by atoms with Gasteiger partial charge in [0.05, 0.1) is 11.7 Å². The molecule has 2 atom stereocenters. The van der Waals surface area contributed by atoms with Crippen LogP contribution in [-0.2, 0) is 0 Å². The van der Waals surface area contributed by atoms with Gasteiger partial charge in [0.1, 0.15) is 23.4 Å². The quantitative estimate of drug-likeness (QED) is 0.556. The largest absolute Gasteiger partial charge is 0.459 e. The Morgan fingerprint density at radius 3 is 2.81 bits per heavy atom. The number of nitrogens with zero attached hydrogens (tertiary/aromatic N) is 2. The van der Waals surface area contributed by atoms with Crippen molar-refractivity contribution in [1.29, 1.82) is 0 Å². The highest BCUT2D eigenvalue weighted by molar-refractivity contribution is 9.10. The zero-order valence-electron chi connectivity index (χ0n) is 14.5. The number of halogens is 2. The molecule has 1 aliphatic rings. The molecule has 0 unspecified atom stereocenters. The molecule has 4 nitrogen and oxygen atoms in total. The van der Waals surface area contributed by atoms with Crippen molar-refractivity contribution in [1.82, 2.24) is 15.2 Å². The van der Waals surface area contributed by atoms with Crippen LogP contribution in [0.5, 0.6) is 0 Å². The Bertz CT molecular complexity index is 978. The number of hydrogen-bond acceptors (Lipinski definition) is 3. The van der Waals surface area contributed by atoms with Gasteiger partial charge in [-0.2, -0.15) is 0 Å². The lowest BCUT2D eigenvalue weighted by molar-refractivity contribution is 0.284. The normalized spacial score (nSPS) is 19.4. The summed E-state index contributed by atoms with van der Waals surface area (Å²) in [6, 6.07) is 14.0. The van der Waals surface area contributed by atoms with Crippen LogP contribution in [0.3, 0.4) is 0 Å². The first-order valence-corrected chi connectivity index (χ1v) is 9.82. The van der Waals surface area contributed by atoms with Crippen molar-refractivity contribution in [3.63, 3.8) is 0 Å². The molecule has 7 heteroatoms. The molecule has 0 spiro atoms. The molecule has 138 valence electrons. The minimum Gasteiger partial charge on any atom is -0.459 e. The standard InChI is InChI=1S/C20H17BrFN3OS/c1-2-25-19(18(24-20(25)27)15-5-3-4-10-23-15)17-9-8-16(26-17)13-7-6-12(22)11-14(13)21/h3-11,18-19H,2H2,1H3,(H,24,27)/t18-,19+/m0/s1. The molecule has 1 aliphatic heterocycles. The Balaban J connectivity index is 1.73. The lowest BCUT2D eigenvalue weighted by atomic mass is 10.0. The minimum absolute atomic E-state index is 0.102. The van der Waals surface area contributed by atoms with Crippen LogP contribution in [-0.4, -0.2) is 21.5 Å². The lowest BCUT2D eigenvalue weighted by Gasteiger charge is -2.24.